The highest BCUT2D eigenvalue weighted by Crippen LogP contribution is 2.28. The number of aromatic nitrogens is 2. The molecule has 0 spiro atoms. The minimum Gasteiger partial charge on any atom is -0.497 e. The number of ether oxygens (including phenoxy) is 2. The van der Waals surface area contributed by atoms with Crippen LogP contribution in [-0.4, -0.2) is 28.2 Å². The molecule has 2 aromatic rings. The molecule has 0 radical (unpaired) electrons. The summed E-state index contributed by atoms with van der Waals surface area (Å²) < 4.78 is 10.6. The molecule has 1 aromatic heterocycles. The minimum absolute atomic E-state index is 0.0173. The van der Waals surface area contributed by atoms with E-state index >= 15 is 0 Å². The Kier molecular flexibility index (Phi) is 4.37. The first kappa shape index (κ1) is 14.8. The van der Waals surface area contributed by atoms with Gasteiger partial charge < -0.3 is 14.6 Å². The molecule has 21 heavy (non-hydrogen) atoms. The van der Waals surface area contributed by atoms with Crippen molar-refractivity contribution in [2.75, 3.05) is 7.11 Å². The summed E-state index contributed by atoms with van der Waals surface area (Å²) in [7, 11) is 1.48. The van der Waals surface area contributed by atoms with Crippen LogP contribution in [-0.2, 0) is 6.42 Å². The van der Waals surface area contributed by atoms with Crippen molar-refractivity contribution < 1.29 is 19.4 Å². The van der Waals surface area contributed by atoms with E-state index in [0.717, 1.165) is 12.1 Å². The Bertz CT molecular complexity index is 671. The van der Waals surface area contributed by atoms with E-state index in [4.69, 9.17) is 9.47 Å². The molecule has 0 atom stereocenters. The number of rotatable bonds is 5. The van der Waals surface area contributed by atoms with E-state index in [-0.39, 0.29) is 11.3 Å². The van der Waals surface area contributed by atoms with Crippen LogP contribution in [0.4, 0.5) is 0 Å². The summed E-state index contributed by atoms with van der Waals surface area (Å²) in [5.74, 6) is 0.475. The fourth-order valence-electron chi connectivity index (χ4n) is 1.84. The molecule has 0 bridgehead atoms. The summed E-state index contributed by atoms with van der Waals surface area (Å²) in [6.45, 7) is 3.74. The number of aromatic carboxylic acids is 1. The number of carboxylic acid groups (broad SMARTS) is 1. The van der Waals surface area contributed by atoms with E-state index in [9.17, 15) is 9.90 Å². The van der Waals surface area contributed by atoms with Gasteiger partial charge in [0.1, 0.15) is 22.9 Å². The predicted octanol–water partition coefficient (Wildman–Crippen LogP) is 2.85. The molecule has 2 rings (SSSR count). The lowest BCUT2D eigenvalue weighted by atomic mass is 10.2. The van der Waals surface area contributed by atoms with Gasteiger partial charge in [-0.1, -0.05) is 6.92 Å². The number of carbonyl (C=O) groups is 1. The fraction of sp³-hybridized carbons (Fsp3) is 0.267. The third-order valence-corrected chi connectivity index (χ3v) is 2.86. The summed E-state index contributed by atoms with van der Waals surface area (Å²) in [4.78, 5) is 19.7. The Balaban J connectivity index is 2.39. The van der Waals surface area contributed by atoms with Gasteiger partial charge >= 0.3 is 5.97 Å². The van der Waals surface area contributed by atoms with Gasteiger partial charge in [-0.25, -0.2) is 9.78 Å². The van der Waals surface area contributed by atoms with Crippen molar-refractivity contribution in [3.05, 3.63) is 41.3 Å². The van der Waals surface area contributed by atoms with Gasteiger partial charge in [0.05, 0.1) is 7.11 Å². The summed E-state index contributed by atoms with van der Waals surface area (Å²) in [5, 5.41) is 9.25. The Hall–Kier alpha value is -2.63. The van der Waals surface area contributed by atoms with Crippen molar-refractivity contribution in [1.29, 1.82) is 0 Å². The van der Waals surface area contributed by atoms with Gasteiger partial charge in [0, 0.05) is 11.8 Å². The molecule has 0 aliphatic heterocycles. The minimum atomic E-state index is -1.09. The lowest BCUT2D eigenvalue weighted by Crippen LogP contribution is -2.03. The van der Waals surface area contributed by atoms with Gasteiger partial charge in [-0.2, -0.15) is 4.98 Å². The highest BCUT2D eigenvalue weighted by molar-refractivity contribution is 5.91. The zero-order valence-corrected chi connectivity index (χ0v) is 12.1. The Morgan fingerprint density at radius 1 is 1.29 bits per heavy atom. The fourth-order valence-corrected chi connectivity index (χ4v) is 1.84. The molecule has 0 aliphatic carbocycles. The van der Waals surface area contributed by atoms with E-state index in [1.165, 1.54) is 13.2 Å². The molecule has 6 nitrogen and oxygen atoms in total. The number of carboxylic acids is 1. The van der Waals surface area contributed by atoms with Gasteiger partial charge in [-0.3, -0.25) is 0 Å². The predicted molar refractivity (Wildman–Crippen MR) is 76.2 cm³/mol. The molecule has 1 heterocycles. The molecule has 0 fully saturated rings. The van der Waals surface area contributed by atoms with Crippen LogP contribution in [0.5, 0.6) is 17.4 Å². The Morgan fingerprint density at radius 2 is 2.05 bits per heavy atom. The Labute approximate surface area is 122 Å². The lowest BCUT2D eigenvalue weighted by Gasteiger charge is -2.10. The van der Waals surface area contributed by atoms with Gasteiger partial charge in [0.25, 0.3) is 0 Å². The van der Waals surface area contributed by atoms with Crippen LogP contribution in [0.2, 0.25) is 0 Å². The smallest absolute Gasteiger partial charge is 0.339 e. The molecule has 6 heteroatoms. The maximum atomic E-state index is 11.3. The second-order valence-electron chi connectivity index (χ2n) is 4.37. The van der Waals surface area contributed by atoms with Crippen LogP contribution in [0.15, 0.2) is 24.3 Å². The summed E-state index contributed by atoms with van der Waals surface area (Å²) in [6, 6.07) is 6.29. The number of benzene rings is 1. The van der Waals surface area contributed by atoms with Crippen LogP contribution >= 0.6 is 0 Å². The lowest BCUT2D eigenvalue weighted by molar-refractivity contribution is 0.0693. The van der Waals surface area contributed by atoms with Crippen molar-refractivity contribution in [2.24, 2.45) is 0 Å². The van der Waals surface area contributed by atoms with Crippen molar-refractivity contribution in [1.82, 2.24) is 9.97 Å². The molecule has 0 unspecified atom stereocenters. The second-order valence-corrected chi connectivity index (χ2v) is 4.37. The quantitative estimate of drug-likeness (QED) is 0.911. The van der Waals surface area contributed by atoms with Crippen LogP contribution in [0, 0.1) is 6.92 Å². The average molecular weight is 288 g/mol. The normalized spacial score (nSPS) is 10.2. The number of aryl methyl sites for hydroxylation is 2. The van der Waals surface area contributed by atoms with Crippen molar-refractivity contribution in [2.45, 2.75) is 20.3 Å². The first-order valence-corrected chi connectivity index (χ1v) is 6.47. The zero-order valence-electron chi connectivity index (χ0n) is 12.1. The summed E-state index contributed by atoms with van der Waals surface area (Å²) in [5.41, 5.74) is 0.853. The second kappa shape index (κ2) is 6.21. The maximum absolute atomic E-state index is 11.3. The number of hydrogen-bond donors (Lipinski definition) is 1. The Morgan fingerprint density at radius 3 is 2.67 bits per heavy atom. The van der Waals surface area contributed by atoms with Crippen LogP contribution in [0.1, 0.15) is 28.8 Å². The van der Waals surface area contributed by atoms with E-state index in [1.54, 1.807) is 25.1 Å². The van der Waals surface area contributed by atoms with Gasteiger partial charge in [0.15, 0.2) is 0 Å². The van der Waals surface area contributed by atoms with E-state index in [1.807, 2.05) is 6.92 Å². The highest BCUT2D eigenvalue weighted by atomic mass is 16.5. The molecular formula is C15H16N2O4. The highest BCUT2D eigenvalue weighted by Gasteiger charge is 2.14. The van der Waals surface area contributed by atoms with Crippen LogP contribution < -0.4 is 9.47 Å². The van der Waals surface area contributed by atoms with Crippen molar-refractivity contribution in [3.8, 4) is 17.4 Å². The molecule has 0 amide bonds. The molecule has 1 aromatic carbocycles. The largest absolute Gasteiger partial charge is 0.497 e. The number of nitrogens with zero attached hydrogens (tertiary/aromatic N) is 2. The third kappa shape index (κ3) is 3.47. The van der Waals surface area contributed by atoms with E-state index < -0.39 is 5.97 Å². The first-order chi connectivity index (χ1) is 10.0. The molecule has 110 valence electrons. The van der Waals surface area contributed by atoms with Gasteiger partial charge in [-0.15, -0.1) is 0 Å². The zero-order chi connectivity index (χ0) is 15.4. The first-order valence-electron chi connectivity index (χ1n) is 6.47. The summed E-state index contributed by atoms with van der Waals surface area (Å²) in [6.07, 6.45) is 0.744. The van der Waals surface area contributed by atoms with Crippen LogP contribution in [0.25, 0.3) is 0 Å². The molecule has 0 aliphatic rings. The van der Waals surface area contributed by atoms with Gasteiger partial charge in [-0.05, 0) is 31.5 Å². The van der Waals surface area contributed by atoms with E-state index in [2.05, 4.69) is 9.97 Å². The van der Waals surface area contributed by atoms with E-state index in [0.29, 0.717) is 17.5 Å². The SMILES string of the molecule is CCc1cc(Oc2ccc(OC)cc2C(=O)O)nc(C)n1. The number of methoxy groups -OCH3 is 1. The van der Waals surface area contributed by atoms with Crippen LogP contribution in [0.3, 0.4) is 0 Å². The number of hydrogen-bond acceptors (Lipinski definition) is 5. The molecule has 1 N–H and O–H groups in total. The third-order valence-electron chi connectivity index (χ3n) is 2.86. The molecule has 0 saturated carbocycles. The van der Waals surface area contributed by atoms with Gasteiger partial charge in [0.2, 0.25) is 5.88 Å². The average Bonchev–Trinajstić information content (AvgIpc) is 2.46. The maximum Gasteiger partial charge on any atom is 0.339 e. The molecular weight excluding hydrogens is 272 g/mol. The molecule has 0 saturated heterocycles. The topological polar surface area (TPSA) is 81.5 Å². The summed E-state index contributed by atoms with van der Waals surface area (Å²) >= 11 is 0. The van der Waals surface area contributed by atoms with Crippen molar-refractivity contribution in [3.63, 3.8) is 0 Å². The standard InChI is InChI=1S/C15H16N2O4/c1-4-10-7-14(17-9(2)16-10)21-13-6-5-11(20-3)8-12(13)15(18)19/h5-8H,4H2,1-3H3,(H,18,19). The van der Waals surface area contributed by atoms with Crippen molar-refractivity contribution >= 4 is 5.97 Å². The monoisotopic (exact) mass is 288 g/mol.